The van der Waals surface area contributed by atoms with Crippen LogP contribution in [0.3, 0.4) is 0 Å². The van der Waals surface area contributed by atoms with Crippen molar-refractivity contribution < 1.29 is 29.2 Å². The van der Waals surface area contributed by atoms with E-state index in [1.165, 1.54) is 16.6 Å². The number of hydrogen-bond acceptors (Lipinski definition) is 6. The van der Waals surface area contributed by atoms with E-state index in [0.717, 1.165) is 11.9 Å². The van der Waals surface area contributed by atoms with Gasteiger partial charge in [0, 0.05) is 39.4 Å². The molecule has 0 amide bonds. The van der Waals surface area contributed by atoms with Crippen molar-refractivity contribution in [2.75, 3.05) is 13.2 Å². The number of aliphatic hydroxyl groups excluding tert-OH is 1. The lowest BCUT2D eigenvalue weighted by Crippen LogP contribution is -2.74. The van der Waals surface area contributed by atoms with Crippen LogP contribution in [-0.2, 0) is 30.8 Å². The average Bonchev–Trinajstić information content (AvgIpc) is 3.42. The Kier molecular flexibility index (Phi) is 4.42. The Balaban J connectivity index is 1.45. The topological polar surface area (TPSA) is 101 Å². The van der Waals surface area contributed by atoms with Gasteiger partial charge in [-0.25, -0.2) is 0 Å². The van der Waals surface area contributed by atoms with Crippen LogP contribution in [0, 0.1) is 11.3 Å². The zero-order valence-electron chi connectivity index (χ0n) is 21.4. The fourth-order valence-corrected chi connectivity index (χ4v) is 8.78. The first-order valence-electron chi connectivity index (χ1n) is 13.2. The lowest BCUT2D eigenvalue weighted by atomic mass is 9.41. The molecule has 1 saturated heterocycles. The van der Waals surface area contributed by atoms with Crippen LogP contribution < -0.4 is 0 Å². The first kappa shape index (κ1) is 23.1. The summed E-state index contributed by atoms with van der Waals surface area (Å²) in [6, 6.07) is 8.39. The highest BCUT2D eigenvalue weighted by Crippen LogP contribution is 2.72. The van der Waals surface area contributed by atoms with Gasteiger partial charge in [0.1, 0.15) is 11.2 Å². The molecule has 2 unspecified atom stereocenters. The number of ether oxygens (including phenoxy) is 3. The van der Waals surface area contributed by atoms with Crippen molar-refractivity contribution in [1.82, 2.24) is 4.98 Å². The van der Waals surface area contributed by atoms with E-state index in [0.29, 0.717) is 24.8 Å². The molecule has 7 heteroatoms. The minimum Gasteiger partial charge on any atom is -0.394 e. The minimum absolute atomic E-state index is 0.116. The SMILES string of the molecule is CC1(C)O[C@@]23CCC4(C)[C@@]5(C)c6[nH]c7ccccc7c6C[C@@H]5C[C@H](OCCO)[C@@]4(O)C2=CC(=O)C1O3. The number of benzene rings is 1. The molecule has 1 aromatic heterocycles. The van der Waals surface area contributed by atoms with Crippen LogP contribution in [0.15, 0.2) is 35.9 Å². The molecule has 2 bridgehead atoms. The fourth-order valence-electron chi connectivity index (χ4n) is 8.78. The number of carbonyl (C=O) groups is 1. The second-order valence-corrected chi connectivity index (χ2v) is 12.5. The van der Waals surface area contributed by atoms with Crippen LogP contribution in [0.1, 0.15) is 58.2 Å². The van der Waals surface area contributed by atoms with Gasteiger partial charge in [0.2, 0.25) is 0 Å². The van der Waals surface area contributed by atoms with E-state index in [2.05, 4.69) is 37.0 Å². The van der Waals surface area contributed by atoms with Gasteiger partial charge >= 0.3 is 0 Å². The van der Waals surface area contributed by atoms with Gasteiger partial charge in [-0.05, 0) is 56.7 Å². The molecule has 36 heavy (non-hydrogen) atoms. The van der Waals surface area contributed by atoms with Gasteiger partial charge in [0.15, 0.2) is 17.7 Å². The van der Waals surface area contributed by atoms with Gasteiger partial charge in [-0.1, -0.05) is 32.0 Å². The van der Waals surface area contributed by atoms with Gasteiger partial charge in [0.25, 0.3) is 0 Å². The molecule has 7 rings (SSSR count). The highest BCUT2D eigenvalue weighted by Gasteiger charge is 2.78. The van der Waals surface area contributed by atoms with Gasteiger partial charge in [0.05, 0.1) is 19.3 Å². The minimum atomic E-state index is -1.52. The Morgan fingerprint density at radius 2 is 1.94 bits per heavy atom. The summed E-state index contributed by atoms with van der Waals surface area (Å²) < 4.78 is 19.2. The lowest BCUT2D eigenvalue weighted by molar-refractivity contribution is -0.281. The maximum atomic E-state index is 13.3. The van der Waals surface area contributed by atoms with Gasteiger partial charge < -0.3 is 29.4 Å². The number of aromatic nitrogens is 1. The van der Waals surface area contributed by atoms with Gasteiger partial charge in [-0.2, -0.15) is 0 Å². The Morgan fingerprint density at radius 1 is 1.17 bits per heavy atom. The Labute approximate surface area is 210 Å². The number of rotatable bonds is 3. The summed E-state index contributed by atoms with van der Waals surface area (Å²) in [7, 11) is 0. The molecular formula is C29H35NO6. The maximum Gasteiger partial charge on any atom is 0.195 e. The number of ketones is 1. The largest absolute Gasteiger partial charge is 0.394 e. The number of hydrogen-bond donors (Lipinski definition) is 3. The molecule has 1 spiro atoms. The number of carbonyl (C=O) groups excluding carboxylic acids is 1. The van der Waals surface area contributed by atoms with E-state index in [1.807, 2.05) is 19.9 Å². The number of aliphatic hydroxyl groups is 2. The van der Waals surface area contributed by atoms with Crippen molar-refractivity contribution in [2.24, 2.45) is 11.3 Å². The molecule has 3 aliphatic carbocycles. The molecule has 7 atom stereocenters. The standard InChI is InChI=1S/C29H35NO6/c1-25(2)24-20(32)15-21-28(35-24,36-25)10-9-26(3)27(4)16(14-22(29(21,26)33)34-12-11-31)13-18-17-7-5-6-8-19(17)30-23(18)27/h5-8,15-16,22,24,30-31,33H,9-14H2,1-4H3/t16-,22+,24?,26?,27-,28+,29+/m1/s1. The van der Waals surface area contributed by atoms with E-state index in [4.69, 9.17) is 14.2 Å². The summed E-state index contributed by atoms with van der Waals surface area (Å²) in [6.45, 7) is 8.16. The van der Waals surface area contributed by atoms with Gasteiger partial charge in [-0.3, -0.25) is 4.79 Å². The monoisotopic (exact) mass is 493 g/mol. The summed E-state index contributed by atoms with van der Waals surface area (Å²) in [4.78, 5) is 17.0. The Bertz CT molecular complexity index is 1330. The quantitative estimate of drug-likeness (QED) is 0.607. The van der Waals surface area contributed by atoms with Crippen molar-refractivity contribution in [3.8, 4) is 0 Å². The van der Waals surface area contributed by atoms with Crippen molar-refractivity contribution >= 4 is 16.7 Å². The molecule has 3 heterocycles. The number of aromatic amines is 1. The third-order valence-electron chi connectivity index (χ3n) is 10.6. The van der Waals surface area contributed by atoms with E-state index in [-0.39, 0.29) is 24.9 Å². The highest BCUT2D eigenvalue weighted by molar-refractivity contribution is 5.97. The van der Waals surface area contributed by atoms with Crippen molar-refractivity contribution in [3.63, 3.8) is 0 Å². The van der Waals surface area contributed by atoms with Crippen LogP contribution >= 0.6 is 0 Å². The van der Waals surface area contributed by atoms with Crippen LogP contribution in [0.25, 0.3) is 10.9 Å². The second kappa shape index (κ2) is 6.88. The third kappa shape index (κ3) is 2.40. The smallest absolute Gasteiger partial charge is 0.195 e. The first-order chi connectivity index (χ1) is 17.0. The van der Waals surface area contributed by atoms with Crippen molar-refractivity contribution in [3.05, 3.63) is 47.2 Å². The third-order valence-corrected chi connectivity index (χ3v) is 10.6. The molecule has 192 valence electrons. The van der Waals surface area contributed by atoms with Crippen LogP contribution in [0.2, 0.25) is 0 Å². The summed E-state index contributed by atoms with van der Waals surface area (Å²) in [5.41, 5.74) is 0.700. The normalized spacial score (nSPS) is 44.1. The zero-order valence-corrected chi connectivity index (χ0v) is 21.4. The molecule has 2 aromatic rings. The molecule has 2 saturated carbocycles. The fraction of sp³-hybridized carbons (Fsp3) is 0.621. The first-order valence-corrected chi connectivity index (χ1v) is 13.2. The Hall–Kier alpha value is -2.03. The van der Waals surface area contributed by atoms with E-state index in [1.54, 1.807) is 6.08 Å². The molecule has 3 fully saturated rings. The predicted molar refractivity (Wildman–Crippen MR) is 132 cm³/mol. The van der Waals surface area contributed by atoms with Crippen molar-refractivity contribution in [1.29, 1.82) is 0 Å². The zero-order chi connectivity index (χ0) is 25.3. The second-order valence-electron chi connectivity index (χ2n) is 12.5. The van der Waals surface area contributed by atoms with Crippen LogP contribution in [0.5, 0.6) is 0 Å². The van der Waals surface area contributed by atoms with E-state index in [9.17, 15) is 15.0 Å². The summed E-state index contributed by atoms with van der Waals surface area (Å²) in [5, 5.41) is 23.9. The molecule has 2 aliphatic heterocycles. The molecule has 7 nitrogen and oxygen atoms in total. The molecule has 3 N–H and O–H groups in total. The molecule has 0 radical (unpaired) electrons. The predicted octanol–water partition coefficient (Wildman–Crippen LogP) is 3.31. The molecular weight excluding hydrogens is 458 g/mol. The highest BCUT2D eigenvalue weighted by atomic mass is 16.8. The summed E-state index contributed by atoms with van der Waals surface area (Å²) >= 11 is 0. The van der Waals surface area contributed by atoms with E-state index >= 15 is 0 Å². The number of fused-ring (bicyclic) bond motifs is 9. The maximum absolute atomic E-state index is 13.3. The average molecular weight is 494 g/mol. The van der Waals surface area contributed by atoms with Crippen LogP contribution in [-0.4, -0.2) is 63.4 Å². The Morgan fingerprint density at radius 3 is 2.72 bits per heavy atom. The number of nitrogens with one attached hydrogen (secondary N) is 1. The number of H-pyrrole nitrogens is 1. The van der Waals surface area contributed by atoms with Gasteiger partial charge in [-0.15, -0.1) is 0 Å². The summed E-state index contributed by atoms with van der Waals surface area (Å²) in [6.07, 6.45) is 2.99. The van der Waals surface area contributed by atoms with E-state index < -0.39 is 40.0 Å². The molecule has 5 aliphatic rings. The summed E-state index contributed by atoms with van der Waals surface area (Å²) in [5.74, 6) is -1.09. The van der Waals surface area contributed by atoms with Crippen molar-refractivity contribution in [2.45, 2.75) is 88.0 Å². The molecule has 1 aromatic carbocycles. The van der Waals surface area contributed by atoms with Crippen LogP contribution in [0.4, 0.5) is 0 Å². The number of para-hydroxylation sites is 1. The lowest BCUT2D eigenvalue weighted by Gasteiger charge is -2.67.